The molecule has 0 bridgehead atoms. The smallest absolute Gasteiger partial charge is 0.410 e. The molecule has 0 radical (unpaired) electrons. The number of hydrogen-bond donors (Lipinski definition) is 1. The minimum Gasteiger partial charge on any atom is -0.444 e. The number of rotatable bonds is 5. The number of nitrogens with zero attached hydrogens (tertiary/aromatic N) is 3. The zero-order valence-electron chi connectivity index (χ0n) is 22.2. The lowest BCUT2D eigenvalue weighted by molar-refractivity contribution is 0.0204. The number of pyridine rings is 2. The van der Waals surface area contributed by atoms with Crippen LogP contribution in [0.25, 0.3) is 11.0 Å². The Morgan fingerprint density at radius 2 is 1.82 bits per heavy atom. The van der Waals surface area contributed by atoms with Crippen LogP contribution in [-0.2, 0) is 11.8 Å². The first-order chi connectivity index (χ1) is 17.9. The van der Waals surface area contributed by atoms with E-state index < -0.39 is 29.4 Å². The zero-order valence-corrected chi connectivity index (χ0v) is 22.2. The topological polar surface area (TPSA) is 76.5 Å². The summed E-state index contributed by atoms with van der Waals surface area (Å²) in [7, 11) is 1.65. The first-order valence-corrected chi connectivity index (χ1v) is 12.7. The van der Waals surface area contributed by atoms with Gasteiger partial charge in [0.1, 0.15) is 17.1 Å². The third kappa shape index (κ3) is 5.63. The molecule has 1 aliphatic rings. The third-order valence-electron chi connectivity index (χ3n) is 6.86. The molecule has 1 atom stereocenters. The van der Waals surface area contributed by atoms with Crippen LogP contribution in [0.15, 0.2) is 41.3 Å². The van der Waals surface area contributed by atoms with Gasteiger partial charge in [-0.3, -0.25) is 9.36 Å². The van der Waals surface area contributed by atoms with Gasteiger partial charge in [0.25, 0.3) is 12.0 Å². The Hall–Kier alpha value is -3.56. The van der Waals surface area contributed by atoms with Gasteiger partial charge in [-0.2, -0.15) is 0 Å². The number of hydrogen-bond acceptors (Lipinski definition) is 5. The highest BCUT2D eigenvalue weighted by Gasteiger charge is 2.29. The number of amides is 1. The van der Waals surface area contributed by atoms with E-state index in [0.29, 0.717) is 48.2 Å². The maximum absolute atomic E-state index is 14.8. The second-order valence-electron chi connectivity index (χ2n) is 10.7. The Kier molecular flexibility index (Phi) is 7.71. The van der Waals surface area contributed by atoms with Gasteiger partial charge < -0.3 is 15.0 Å². The lowest BCUT2D eigenvalue weighted by atomic mass is 9.89. The largest absolute Gasteiger partial charge is 0.444 e. The maximum atomic E-state index is 14.8. The van der Waals surface area contributed by atoms with Crippen molar-refractivity contribution in [3.05, 3.63) is 69.4 Å². The van der Waals surface area contributed by atoms with Crippen molar-refractivity contribution in [2.24, 2.45) is 7.05 Å². The summed E-state index contributed by atoms with van der Waals surface area (Å²) in [6, 6.07) is 6.86. The third-order valence-corrected chi connectivity index (χ3v) is 6.86. The number of halogens is 3. The van der Waals surface area contributed by atoms with Gasteiger partial charge in [0.05, 0.1) is 11.6 Å². The Bertz CT molecular complexity index is 1390. The monoisotopic (exact) mass is 530 g/mol. The van der Waals surface area contributed by atoms with Gasteiger partial charge in [-0.1, -0.05) is 18.2 Å². The molecule has 1 aromatic carbocycles. The molecule has 3 aromatic rings. The van der Waals surface area contributed by atoms with Crippen LogP contribution in [-0.4, -0.2) is 39.2 Å². The summed E-state index contributed by atoms with van der Waals surface area (Å²) < 4.78 is 48.2. The molecule has 2 aromatic heterocycles. The van der Waals surface area contributed by atoms with E-state index in [9.17, 15) is 22.8 Å². The minimum atomic E-state index is -2.91. The van der Waals surface area contributed by atoms with Gasteiger partial charge in [0, 0.05) is 48.5 Å². The molecule has 0 spiro atoms. The highest BCUT2D eigenvalue weighted by atomic mass is 19.3. The SMILES string of the molecule is C[C@@H](Nc1ccnc2c1cc(C1CCN(C(=O)OC(C)(C)C)CC1)c(=O)n2C)c1cccc(C(F)F)c1F. The molecule has 10 heteroatoms. The van der Waals surface area contributed by atoms with Crippen molar-refractivity contribution in [2.45, 2.75) is 64.5 Å². The number of nitrogens with one attached hydrogen (secondary N) is 1. The second kappa shape index (κ2) is 10.7. The molecule has 1 aliphatic heterocycles. The molecule has 1 saturated heterocycles. The first kappa shape index (κ1) is 27.5. The molecule has 38 heavy (non-hydrogen) atoms. The number of fused-ring (bicyclic) bond motifs is 1. The van der Waals surface area contributed by atoms with Crippen LogP contribution in [0.5, 0.6) is 0 Å². The van der Waals surface area contributed by atoms with E-state index in [4.69, 9.17) is 4.74 Å². The molecule has 1 N–H and O–H groups in total. The van der Waals surface area contributed by atoms with Gasteiger partial charge in [-0.05, 0) is 58.6 Å². The minimum absolute atomic E-state index is 0.0672. The van der Waals surface area contributed by atoms with Crippen molar-refractivity contribution in [3.8, 4) is 0 Å². The zero-order chi connectivity index (χ0) is 27.8. The summed E-state index contributed by atoms with van der Waals surface area (Å²) in [6.45, 7) is 8.09. The lowest BCUT2D eigenvalue weighted by Gasteiger charge is -2.33. The van der Waals surface area contributed by atoms with Crippen molar-refractivity contribution in [3.63, 3.8) is 0 Å². The Morgan fingerprint density at radius 1 is 1.16 bits per heavy atom. The van der Waals surface area contributed by atoms with Crippen LogP contribution >= 0.6 is 0 Å². The van der Waals surface area contributed by atoms with E-state index in [-0.39, 0.29) is 23.1 Å². The fourth-order valence-corrected chi connectivity index (χ4v) is 4.88. The summed E-state index contributed by atoms with van der Waals surface area (Å²) >= 11 is 0. The molecule has 204 valence electrons. The van der Waals surface area contributed by atoms with Crippen LogP contribution in [0.3, 0.4) is 0 Å². The number of likely N-dealkylation sites (tertiary alicyclic amines) is 1. The van der Waals surface area contributed by atoms with Gasteiger partial charge in [-0.25, -0.2) is 22.9 Å². The number of aryl methyl sites for hydroxylation is 1. The molecule has 0 saturated carbocycles. The number of benzene rings is 1. The van der Waals surface area contributed by atoms with E-state index in [1.54, 1.807) is 37.2 Å². The molecule has 7 nitrogen and oxygen atoms in total. The van der Waals surface area contributed by atoms with Gasteiger partial charge in [0.15, 0.2) is 0 Å². The maximum Gasteiger partial charge on any atom is 0.410 e. The molecular formula is C28H33F3N4O3. The molecular weight excluding hydrogens is 497 g/mol. The number of anilines is 1. The predicted molar refractivity (Wildman–Crippen MR) is 140 cm³/mol. The summed E-state index contributed by atoms with van der Waals surface area (Å²) in [5.74, 6) is -1.01. The van der Waals surface area contributed by atoms with Crippen LogP contribution in [0.2, 0.25) is 0 Å². The molecule has 0 unspecified atom stereocenters. The van der Waals surface area contributed by atoms with Crippen molar-refractivity contribution < 1.29 is 22.7 Å². The van der Waals surface area contributed by atoms with E-state index in [1.165, 1.54) is 16.7 Å². The van der Waals surface area contributed by atoms with E-state index in [1.807, 2.05) is 20.8 Å². The average Bonchev–Trinajstić information content (AvgIpc) is 2.85. The Balaban J connectivity index is 1.62. The summed E-state index contributed by atoms with van der Waals surface area (Å²) in [5.41, 5.74) is 0.390. The standard InChI is InChI=1S/C28H33F3N4O3/c1-16(18-7-6-8-19(23(18)29)24(30)31)33-22-9-12-32-25-21(22)15-20(26(36)34(25)5)17-10-13-35(14-11-17)27(37)38-28(2,3)4/h6-9,12,15-17,24H,10-11,13-14H2,1-5H3,(H,32,33)/t16-/m1/s1. The van der Waals surface area contributed by atoms with Crippen molar-refractivity contribution in [2.75, 3.05) is 18.4 Å². The number of alkyl halides is 2. The molecule has 4 rings (SSSR count). The van der Waals surface area contributed by atoms with Crippen molar-refractivity contribution in [1.29, 1.82) is 0 Å². The fourth-order valence-electron chi connectivity index (χ4n) is 4.88. The van der Waals surface area contributed by atoms with E-state index in [2.05, 4.69) is 10.3 Å². The summed E-state index contributed by atoms with van der Waals surface area (Å²) in [6.07, 6.45) is -0.532. The summed E-state index contributed by atoms with van der Waals surface area (Å²) in [5, 5.41) is 3.88. The van der Waals surface area contributed by atoms with E-state index in [0.717, 1.165) is 6.07 Å². The number of carbonyl (C=O) groups excluding carboxylic acids is 1. The second-order valence-corrected chi connectivity index (χ2v) is 10.7. The van der Waals surface area contributed by atoms with Crippen LogP contribution < -0.4 is 10.9 Å². The molecule has 1 fully saturated rings. The normalized spacial score (nSPS) is 15.7. The van der Waals surface area contributed by atoms with Gasteiger partial charge >= 0.3 is 6.09 Å². The molecule has 0 aliphatic carbocycles. The quantitative estimate of drug-likeness (QED) is 0.419. The molecule has 1 amide bonds. The van der Waals surface area contributed by atoms with Crippen molar-refractivity contribution >= 4 is 22.8 Å². The predicted octanol–water partition coefficient (Wildman–Crippen LogP) is 6.30. The highest BCUT2D eigenvalue weighted by Crippen LogP contribution is 2.33. The number of piperidine rings is 1. The molecule has 3 heterocycles. The Morgan fingerprint density at radius 3 is 2.45 bits per heavy atom. The lowest BCUT2D eigenvalue weighted by Crippen LogP contribution is -2.42. The van der Waals surface area contributed by atoms with Crippen molar-refractivity contribution in [1.82, 2.24) is 14.5 Å². The van der Waals surface area contributed by atoms with Crippen LogP contribution in [0, 0.1) is 5.82 Å². The van der Waals surface area contributed by atoms with E-state index >= 15 is 0 Å². The number of aromatic nitrogens is 2. The first-order valence-electron chi connectivity index (χ1n) is 12.7. The van der Waals surface area contributed by atoms with Gasteiger partial charge in [0.2, 0.25) is 0 Å². The number of carbonyl (C=O) groups is 1. The fraction of sp³-hybridized carbons (Fsp3) is 0.464. The van der Waals surface area contributed by atoms with Gasteiger partial charge in [-0.15, -0.1) is 0 Å². The highest BCUT2D eigenvalue weighted by molar-refractivity contribution is 5.89. The summed E-state index contributed by atoms with van der Waals surface area (Å²) in [4.78, 5) is 31.7. The number of ether oxygens (including phenoxy) is 1. The van der Waals surface area contributed by atoms with Crippen LogP contribution in [0.4, 0.5) is 23.7 Å². The average molecular weight is 531 g/mol. The van der Waals surface area contributed by atoms with Crippen LogP contribution in [0.1, 0.15) is 75.6 Å². The Labute approximate surface area is 219 Å².